The number of nitrogens with one attached hydrogen (secondary N) is 1. The van der Waals surface area contributed by atoms with E-state index in [4.69, 9.17) is 11.6 Å². The van der Waals surface area contributed by atoms with Crippen molar-refractivity contribution in [1.29, 1.82) is 0 Å². The molecule has 6 heteroatoms. The van der Waals surface area contributed by atoms with Crippen LogP contribution < -0.4 is 10.2 Å². The lowest BCUT2D eigenvalue weighted by atomic mass is 10.1. The summed E-state index contributed by atoms with van der Waals surface area (Å²) in [5.74, 6) is -0.803. The van der Waals surface area contributed by atoms with Crippen molar-refractivity contribution in [2.45, 2.75) is 19.8 Å². The second kappa shape index (κ2) is 6.61. The highest BCUT2D eigenvalue weighted by molar-refractivity contribution is 6.34. The van der Waals surface area contributed by atoms with Crippen LogP contribution in [-0.2, 0) is 4.79 Å². The quantitative estimate of drug-likeness (QED) is 0.907. The number of carbonyl (C=O) groups excluding carboxylic acids is 2. The Kier molecular flexibility index (Phi) is 4.53. The molecule has 1 heterocycles. The standard InChI is InChI=1S/C18H16ClFN2O2/c1-11-4-5-12(9-15(11)20)18(24)21-13-6-7-16(14(19)10-13)22-8-2-3-17(22)23/h4-7,9-10H,2-3,8H2,1H3,(H,21,24). The molecule has 1 saturated heterocycles. The van der Waals surface area contributed by atoms with Crippen LogP contribution in [0.2, 0.25) is 5.02 Å². The SMILES string of the molecule is Cc1ccc(C(=O)Nc2ccc(N3CCCC3=O)c(Cl)c2)cc1F. The molecular formula is C18H16ClFN2O2. The van der Waals surface area contributed by atoms with E-state index in [-0.39, 0.29) is 11.5 Å². The summed E-state index contributed by atoms with van der Waals surface area (Å²) >= 11 is 6.25. The summed E-state index contributed by atoms with van der Waals surface area (Å²) in [7, 11) is 0. The molecule has 0 radical (unpaired) electrons. The van der Waals surface area contributed by atoms with Crippen LogP contribution in [0, 0.1) is 12.7 Å². The highest BCUT2D eigenvalue weighted by Crippen LogP contribution is 2.31. The molecule has 0 atom stereocenters. The van der Waals surface area contributed by atoms with Gasteiger partial charge >= 0.3 is 0 Å². The maximum atomic E-state index is 13.6. The van der Waals surface area contributed by atoms with E-state index in [9.17, 15) is 14.0 Å². The Morgan fingerprint density at radius 3 is 2.67 bits per heavy atom. The molecule has 2 aromatic carbocycles. The Morgan fingerprint density at radius 2 is 2.04 bits per heavy atom. The summed E-state index contributed by atoms with van der Waals surface area (Å²) in [4.78, 5) is 25.6. The first-order valence-corrected chi connectivity index (χ1v) is 8.01. The van der Waals surface area contributed by atoms with Crippen LogP contribution in [0.1, 0.15) is 28.8 Å². The van der Waals surface area contributed by atoms with Crippen LogP contribution in [0.3, 0.4) is 0 Å². The molecule has 0 bridgehead atoms. The van der Waals surface area contributed by atoms with Crippen molar-refractivity contribution in [2.75, 3.05) is 16.8 Å². The molecule has 24 heavy (non-hydrogen) atoms. The van der Waals surface area contributed by atoms with Crippen LogP contribution >= 0.6 is 11.6 Å². The van der Waals surface area contributed by atoms with E-state index in [0.717, 1.165) is 6.42 Å². The average Bonchev–Trinajstić information content (AvgIpc) is 2.96. The van der Waals surface area contributed by atoms with Gasteiger partial charge in [-0.15, -0.1) is 0 Å². The smallest absolute Gasteiger partial charge is 0.255 e. The average molecular weight is 347 g/mol. The molecule has 0 aliphatic carbocycles. The third-order valence-electron chi connectivity index (χ3n) is 4.00. The molecular weight excluding hydrogens is 331 g/mol. The van der Waals surface area contributed by atoms with Crippen molar-refractivity contribution in [3.63, 3.8) is 0 Å². The van der Waals surface area contributed by atoms with E-state index < -0.39 is 11.7 Å². The normalized spacial score (nSPS) is 14.1. The Morgan fingerprint density at radius 1 is 1.25 bits per heavy atom. The summed E-state index contributed by atoms with van der Waals surface area (Å²) in [5, 5.41) is 3.07. The Hall–Kier alpha value is -2.40. The van der Waals surface area contributed by atoms with Gasteiger partial charge in [0.1, 0.15) is 5.82 Å². The monoisotopic (exact) mass is 346 g/mol. The molecule has 0 aromatic heterocycles. The van der Waals surface area contributed by atoms with Crippen LogP contribution in [0.4, 0.5) is 15.8 Å². The summed E-state index contributed by atoms with van der Waals surface area (Å²) in [6.07, 6.45) is 1.33. The number of carbonyl (C=O) groups is 2. The molecule has 3 rings (SSSR count). The van der Waals surface area contributed by atoms with Gasteiger partial charge in [-0.3, -0.25) is 9.59 Å². The molecule has 0 spiro atoms. The maximum Gasteiger partial charge on any atom is 0.255 e. The van der Waals surface area contributed by atoms with Crippen LogP contribution in [0.15, 0.2) is 36.4 Å². The molecule has 0 unspecified atom stereocenters. The van der Waals surface area contributed by atoms with E-state index in [0.29, 0.717) is 34.9 Å². The molecule has 0 saturated carbocycles. The van der Waals surface area contributed by atoms with Crippen LogP contribution in [0.5, 0.6) is 0 Å². The minimum atomic E-state index is -0.427. The maximum absolute atomic E-state index is 13.6. The third kappa shape index (κ3) is 3.26. The molecule has 2 amide bonds. The molecule has 1 fully saturated rings. The summed E-state index contributed by atoms with van der Waals surface area (Å²) < 4.78 is 13.6. The van der Waals surface area contributed by atoms with Crippen LogP contribution in [-0.4, -0.2) is 18.4 Å². The minimum absolute atomic E-state index is 0.0452. The van der Waals surface area contributed by atoms with Gasteiger partial charge in [-0.2, -0.15) is 0 Å². The fourth-order valence-corrected chi connectivity index (χ4v) is 2.93. The zero-order chi connectivity index (χ0) is 17.3. The van der Waals surface area contributed by atoms with Gasteiger partial charge in [0.2, 0.25) is 5.91 Å². The molecule has 4 nitrogen and oxygen atoms in total. The van der Waals surface area contributed by atoms with Gasteiger partial charge in [0.15, 0.2) is 0 Å². The lowest BCUT2D eigenvalue weighted by molar-refractivity contribution is -0.117. The second-order valence-corrected chi connectivity index (χ2v) is 6.14. The minimum Gasteiger partial charge on any atom is -0.322 e. The number of hydrogen-bond donors (Lipinski definition) is 1. The van der Waals surface area contributed by atoms with E-state index in [1.54, 1.807) is 42.2 Å². The van der Waals surface area contributed by atoms with Crippen LogP contribution in [0.25, 0.3) is 0 Å². The van der Waals surface area contributed by atoms with Gasteiger partial charge < -0.3 is 10.2 Å². The summed E-state index contributed by atoms with van der Waals surface area (Å²) in [6, 6.07) is 9.28. The van der Waals surface area contributed by atoms with Gasteiger partial charge in [-0.05, 0) is 49.2 Å². The van der Waals surface area contributed by atoms with Gasteiger partial charge in [0.25, 0.3) is 5.91 Å². The Bertz CT molecular complexity index is 823. The molecule has 1 aliphatic rings. The molecule has 124 valence electrons. The Labute approximate surface area is 144 Å². The lowest BCUT2D eigenvalue weighted by Gasteiger charge is -2.18. The predicted molar refractivity (Wildman–Crippen MR) is 92.1 cm³/mol. The van der Waals surface area contributed by atoms with Crippen molar-refractivity contribution in [3.8, 4) is 0 Å². The molecule has 2 aromatic rings. The fraction of sp³-hybridized carbons (Fsp3) is 0.222. The number of hydrogen-bond acceptors (Lipinski definition) is 2. The van der Waals surface area contributed by atoms with E-state index >= 15 is 0 Å². The number of nitrogens with zero attached hydrogens (tertiary/aromatic N) is 1. The highest BCUT2D eigenvalue weighted by atomic mass is 35.5. The Balaban J connectivity index is 1.78. The van der Waals surface area contributed by atoms with Crippen molar-refractivity contribution in [1.82, 2.24) is 0 Å². The first-order valence-electron chi connectivity index (χ1n) is 7.63. The largest absolute Gasteiger partial charge is 0.322 e. The van der Waals surface area contributed by atoms with Gasteiger partial charge in [-0.25, -0.2) is 4.39 Å². The predicted octanol–water partition coefficient (Wildman–Crippen LogP) is 4.17. The second-order valence-electron chi connectivity index (χ2n) is 5.73. The topological polar surface area (TPSA) is 49.4 Å². The molecule has 1 aliphatic heterocycles. The van der Waals surface area contributed by atoms with Gasteiger partial charge in [0.05, 0.1) is 10.7 Å². The fourth-order valence-electron chi connectivity index (χ4n) is 2.64. The zero-order valence-corrected chi connectivity index (χ0v) is 13.9. The van der Waals surface area contributed by atoms with Crippen molar-refractivity contribution in [3.05, 3.63) is 58.4 Å². The number of amides is 2. The van der Waals surface area contributed by atoms with E-state index in [1.807, 2.05) is 0 Å². The number of aryl methyl sites for hydroxylation is 1. The summed E-state index contributed by atoms with van der Waals surface area (Å²) in [6.45, 7) is 2.28. The van der Waals surface area contributed by atoms with Gasteiger partial charge in [-0.1, -0.05) is 17.7 Å². The van der Waals surface area contributed by atoms with Gasteiger partial charge in [0, 0.05) is 24.2 Å². The number of rotatable bonds is 3. The number of benzene rings is 2. The van der Waals surface area contributed by atoms with Crippen molar-refractivity contribution < 1.29 is 14.0 Å². The molecule has 1 N–H and O–H groups in total. The van der Waals surface area contributed by atoms with Crippen molar-refractivity contribution >= 4 is 34.8 Å². The van der Waals surface area contributed by atoms with E-state index in [2.05, 4.69) is 5.32 Å². The number of anilines is 2. The first kappa shape index (κ1) is 16.5. The summed E-state index contributed by atoms with van der Waals surface area (Å²) in [5.41, 5.74) is 1.84. The third-order valence-corrected chi connectivity index (χ3v) is 4.31. The first-order chi connectivity index (χ1) is 11.5. The lowest BCUT2D eigenvalue weighted by Crippen LogP contribution is -2.24. The number of halogens is 2. The zero-order valence-electron chi connectivity index (χ0n) is 13.1. The van der Waals surface area contributed by atoms with E-state index in [1.165, 1.54) is 6.07 Å². The highest BCUT2D eigenvalue weighted by Gasteiger charge is 2.23. The van der Waals surface area contributed by atoms with Crippen molar-refractivity contribution in [2.24, 2.45) is 0 Å².